The van der Waals surface area contributed by atoms with Crippen LogP contribution in [-0.2, 0) is 24.7 Å². The molecule has 2 aromatic rings. The molecule has 5 nitrogen and oxygen atoms in total. The lowest BCUT2D eigenvalue weighted by Gasteiger charge is -2.13. The number of carbonyl (C=O) groups excluding carboxylic acids is 1. The fourth-order valence-electron chi connectivity index (χ4n) is 2.88. The second kappa shape index (κ2) is 5.69. The number of hydrogen-bond donors (Lipinski definition) is 2. The van der Waals surface area contributed by atoms with Crippen molar-refractivity contribution >= 4 is 11.7 Å². The summed E-state index contributed by atoms with van der Waals surface area (Å²) in [6.07, 6.45) is 3.38. The van der Waals surface area contributed by atoms with Crippen molar-refractivity contribution in [3.63, 3.8) is 0 Å². The molecule has 1 atom stereocenters. The standard InChI is InChI=1S/C16H20N4O/c1-20-16(12-8-5-9-14(12)19-20)18-15(21)10-13(17)11-6-3-2-4-7-11/h2-4,6-7,13H,5,8-10,17H2,1H3,(H,18,21). The molecule has 1 amide bonds. The molecule has 0 spiro atoms. The fraction of sp³-hybridized carbons (Fsp3) is 0.375. The Morgan fingerprint density at radius 3 is 2.90 bits per heavy atom. The molecule has 1 aliphatic carbocycles. The summed E-state index contributed by atoms with van der Waals surface area (Å²) in [7, 11) is 1.87. The lowest BCUT2D eigenvalue weighted by atomic mass is 10.0. The zero-order valence-corrected chi connectivity index (χ0v) is 12.2. The maximum absolute atomic E-state index is 12.2. The number of nitrogens with zero attached hydrogens (tertiary/aromatic N) is 2. The van der Waals surface area contributed by atoms with Gasteiger partial charge in [-0.1, -0.05) is 30.3 Å². The van der Waals surface area contributed by atoms with Gasteiger partial charge in [0.1, 0.15) is 5.82 Å². The molecule has 5 heteroatoms. The van der Waals surface area contributed by atoms with Crippen molar-refractivity contribution in [2.24, 2.45) is 12.8 Å². The minimum Gasteiger partial charge on any atom is -0.324 e. The second-order valence-corrected chi connectivity index (χ2v) is 5.52. The van der Waals surface area contributed by atoms with Crippen LogP contribution in [0.2, 0.25) is 0 Å². The summed E-state index contributed by atoms with van der Waals surface area (Å²) >= 11 is 0. The molecule has 0 fully saturated rings. The van der Waals surface area contributed by atoms with Gasteiger partial charge in [-0.2, -0.15) is 5.10 Å². The minimum absolute atomic E-state index is 0.0657. The number of hydrogen-bond acceptors (Lipinski definition) is 3. The van der Waals surface area contributed by atoms with E-state index >= 15 is 0 Å². The summed E-state index contributed by atoms with van der Waals surface area (Å²) in [6, 6.07) is 9.41. The zero-order valence-electron chi connectivity index (χ0n) is 12.2. The highest BCUT2D eigenvalue weighted by Gasteiger charge is 2.22. The number of nitrogens with one attached hydrogen (secondary N) is 1. The molecule has 0 saturated carbocycles. The molecule has 1 heterocycles. The molecule has 3 N–H and O–H groups in total. The van der Waals surface area contributed by atoms with Gasteiger partial charge in [0.05, 0.1) is 5.69 Å². The van der Waals surface area contributed by atoms with Gasteiger partial charge in [-0.15, -0.1) is 0 Å². The van der Waals surface area contributed by atoms with Crippen LogP contribution in [0.25, 0.3) is 0 Å². The maximum Gasteiger partial charge on any atom is 0.227 e. The number of carbonyl (C=O) groups is 1. The van der Waals surface area contributed by atoms with Gasteiger partial charge in [0.2, 0.25) is 5.91 Å². The first-order valence-electron chi connectivity index (χ1n) is 7.30. The first-order valence-corrected chi connectivity index (χ1v) is 7.30. The summed E-state index contributed by atoms with van der Waals surface area (Å²) in [5, 5.41) is 7.42. The van der Waals surface area contributed by atoms with E-state index in [4.69, 9.17) is 5.73 Å². The van der Waals surface area contributed by atoms with Gasteiger partial charge in [-0.25, -0.2) is 0 Å². The lowest BCUT2D eigenvalue weighted by Crippen LogP contribution is -2.22. The molecule has 3 rings (SSSR count). The molecule has 1 aromatic heterocycles. The number of nitrogens with two attached hydrogens (primary N) is 1. The average molecular weight is 284 g/mol. The Morgan fingerprint density at radius 2 is 2.14 bits per heavy atom. The number of aromatic nitrogens is 2. The summed E-state index contributed by atoms with van der Waals surface area (Å²) < 4.78 is 1.76. The molecular formula is C16H20N4O. The van der Waals surface area contributed by atoms with E-state index in [9.17, 15) is 4.79 Å². The number of benzene rings is 1. The van der Waals surface area contributed by atoms with Crippen molar-refractivity contribution in [3.8, 4) is 0 Å². The van der Waals surface area contributed by atoms with Crippen molar-refractivity contribution < 1.29 is 4.79 Å². The zero-order chi connectivity index (χ0) is 14.8. The molecule has 1 unspecified atom stereocenters. The van der Waals surface area contributed by atoms with Gasteiger partial charge in [0, 0.05) is 25.1 Å². The van der Waals surface area contributed by atoms with Crippen LogP contribution in [0.5, 0.6) is 0 Å². The SMILES string of the molecule is Cn1nc2c(c1NC(=O)CC(N)c1ccccc1)CCC2. The first kappa shape index (κ1) is 13.8. The van der Waals surface area contributed by atoms with E-state index in [0.717, 1.165) is 36.3 Å². The van der Waals surface area contributed by atoms with Crippen LogP contribution in [0.4, 0.5) is 5.82 Å². The second-order valence-electron chi connectivity index (χ2n) is 5.52. The fourth-order valence-corrected chi connectivity index (χ4v) is 2.88. The van der Waals surface area contributed by atoms with Gasteiger partial charge >= 0.3 is 0 Å². The summed E-state index contributed by atoms with van der Waals surface area (Å²) in [4.78, 5) is 12.2. The Morgan fingerprint density at radius 1 is 1.38 bits per heavy atom. The summed E-state index contributed by atoms with van der Waals surface area (Å²) in [6.45, 7) is 0. The molecular weight excluding hydrogens is 264 g/mol. The Bertz CT molecular complexity index is 648. The van der Waals surface area contributed by atoms with Crippen LogP contribution in [-0.4, -0.2) is 15.7 Å². The van der Waals surface area contributed by atoms with Gasteiger partial charge in [0.15, 0.2) is 0 Å². The smallest absolute Gasteiger partial charge is 0.227 e. The molecule has 0 bridgehead atoms. The van der Waals surface area contributed by atoms with Crippen molar-refractivity contribution in [2.45, 2.75) is 31.7 Å². The molecule has 0 saturated heterocycles. The molecule has 1 aromatic carbocycles. The molecule has 21 heavy (non-hydrogen) atoms. The Labute approximate surface area is 124 Å². The van der Waals surface area contributed by atoms with E-state index in [2.05, 4.69) is 10.4 Å². The van der Waals surface area contributed by atoms with Crippen LogP contribution < -0.4 is 11.1 Å². The Kier molecular flexibility index (Phi) is 3.75. The lowest BCUT2D eigenvalue weighted by molar-refractivity contribution is -0.116. The van der Waals surface area contributed by atoms with E-state index in [1.54, 1.807) is 4.68 Å². The molecule has 1 aliphatic rings. The predicted octanol–water partition coefficient (Wildman–Crippen LogP) is 1.94. The summed E-state index contributed by atoms with van der Waals surface area (Å²) in [5.41, 5.74) is 9.36. The third kappa shape index (κ3) is 2.83. The Balaban J connectivity index is 1.67. The van der Waals surface area contributed by atoms with E-state index < -0.39 is 0 Å². The van der Waals surface area contributed by atoms with E-state index in [0.29, 0.717) is 0 Å². The number of rotatable bonds is 4. The average Bonchev–Trinajstić information content (AvgIpc) is 3.03. The molecule has 0 aliphatic heterocycles. The van der Waals surface area contributed by atoms with Crippen LogP contribution in [0.15, 0.2) is 30.3 Å². The highest BCUT2D eigenvalue weighted by atomic mass is 16.1. The monoisotopic (exact) mass is 284 g/mol. The normalized spacial score (nSPS) is 14.8. The van der Waals surface area contributed by atoms with Crippen molar-refractivity contribution in [1.82, 2.24) is 9.78 Å². The maximum atomic E-state index is 12.2. The van der Waals surface area contributed by atoms with Crippen LogP contribution in [0.1, 0.15) is 35.7 Å². The van der Waals surface area contributed by atoms with Gasteiger partial charge in [-0.05, 0) is 24.8 Å². The van der Waals surface area contributed by atoms with Crippen LogP contribution >= 0.6 is 0 Å². The van der Waals surface area contributed by atoms with E-state index in [1.165, 1.54) is 5.56 Å². The molecule has 0 radical (unpaired) electrons. The highest BCUT2D eigenvalue weighted by molar-refractivity contribution is 5.91. The van der Waals surface area contributed by atoms with Crippen molar-refractivity contribution in [1.29, 1.82) is 0 Å². The number of fused-ring (bicyclic) bond motifs is 1. The van der Waals surface area contributed by atoms with Crippen molar-refractivity contribution in [2.75, 3.05) is 5.32 Å². The van der Waals surface area contributed by atoms with Gasteiger partial charge < -0.3 is 11.1 Å². The van der Waals surface area contributed by atoms with Gasteiger partial charge in [0.25, 0.3) is 0 Å². The number of anilines is 1. The van der Waals surface area contributed by atoms with E-state index in [-0.39, 0.29) is 18.4 Å². The van der Waals surface area contributed by atoms with E-state index in [1.807, 2.05) is 37.4 Å². The van der Waals surface area contributed by atoms with Gasteiger partial charge in [-0.3, -0.25) is 9.48 Å². The third-order valence-corrected chi connectivity index (χ3v) is 3.96. The molecule has 110 valence electrons. The number of aryl methyl sites for hydroxylation is 2. The minimum atomic E-state index is -0.285. The highest BCUT2D eigenvalue weighted by Crippen LogP contribution is 2.28. The first-order chi connectivity index (χ1) is 10.1. The van der Waals surface area contributed by atoms with Crippen molar-refractivity contribution in [3.05, 3.63) is 47.2 Å². The number of amides is 1. The predicted molar refractivity (Wildman–Crippen MR) is 81.9 cm³/mol. The Hall–Kier alpha value is -2.14. The van der Waals surface area contributed by atoms with Crippen LogP contribution in [0, 0.1) is 0 Å². The topological polar surface area (TPSA) is 72.9 Å². The largest absolute Gasteiger partial charge is 0.324 e. The third-order valence-electron chi connectivity index (χ3n) is 3.96. The quantitative estimate of drug-likeness (QED) is 0.901. The van der Waals surface area contributed by atoms with Crippen LogP contribution in [0.3, 0.4) is 0 Å². The summed E-state index contributed by atoms with van der Waals surface area (Å²) in [5.74, 6) is 0.761.